The first-order valence-corrected chi connectivity index (χ1v) is 10.3. The highest BCUT2D eigenvalue weighted by Gasteiger charge is 2.16. The summed E-state index contributed by atoms with van der Waals surface area (Å²) in [4.78, 5) is 0.668. The maximum atomic E-state index is 13.1. The molecule has 150 valence electrons. The molecule has 6 aromatic rings. The Labute approximate surface area is 178 Å². The Morgan fingerprint density at radius 3 is 2.61 bits per heavy atom. The van der Waals surface area contributed by atoms with Gasteiger partial charge >= 0.3 is 0 Å². The molecule has 0 atom stereocenters. The van der Waals surface area contributed by atoms with Crippen LogP contribution in [-0.4, -0.2) is 19.8 Å². The van der Waals surface area contributed by atoms with Gasteiger partial charge in [-0.2, -0.15) is 9.61 Å². The maximum absolute atomic E-state index is 13.1. The summed E-state index contributed by atoms with van der Waals surface area (Å²) in [5.74, 6) is 2.23. The van der Waals surface area contributed by atoms with Crippen LogP contribution in [0, 0.1) is 5.82 Å². The first-order chi connectivity index (χ1) is 15.2. The molecule has 4 aromatic heterocycles. The summed E-state index contributed by atoms with van der Waals surface area (Å²) < 4.78 is 26.5. The average Bonchev–Trinajstić information content (AvgIpc) is 3.55. The predicted molar refractivity (Wildman–Crippen MR) is 117 cm³/mol. The van der Waals surface area contributed by atoms with Gasteiger partial charge in [0.2, 0.25) is 10.8 Å². The number of rotatable bonds is 4. The van der Waals surface area contributed by atoms with E-state index in [4.69, 9.17) is 8.83 Å². The molecule has 0 aliphatic heterocycles. The Morgan fingerprint density at radius 2 is 1.74 bits per heavy atom. The number of nitrogens with zero attached hydrogens (tertiary/aromatic N) is 4. The molecule has 0 radical (unpaired) electrons. The largest absolute Gasteiger partial charge is 0.457 e. The molecular formula is C23H13FN4O2S. The molecule has 0 amide bonds. The van der Waals surface area contributed by atoms with Gasteiger partial charge in [0.1, 0.15) is 27.9 Å². The molecule has 31 heavy (non-hydrogen) atoms. The number of hydrogen-bond acceptors (Lipinski definition) is 6. The van der Waals surface area contributed by atoms with Crippen molar-refractivity contribution in [3.05, 3.63) is 83.3 Å². The van der Waals surface area contributed by atoms with Crippen LogP contribution < -0.4 is 0 Å². The van der Waals surface area contributed by atoms with Crippen LogP contribution in [0.4, 0.5) is 4.39 Å². The molecule has 0 N–H and O–H groups in total. The molecule has 4 heterocycles. The number of furan rings is 2. The number of aromatic nitrogens is 4. The minimum atomic E-state index is -0.277. The number of halogens is 1. The molecular weight excluding hydrogens is 415 g/mol. The van der Waals surface area contributed by atoms with E-state index >= 15 is 0 Å². The molecule has 8 heteroatoms. The van der Waals surface area contributed by atoms with Gasteiger partial charge in [-0.3, -0.25) is 0 Å². The van der Waals surface area contributed by atoms with Crippen LogP contribution in [0.3, 0.4) is 0 Å². The van der Waals surface area contributed by atoms with Crippen molar-refractivity contribution in [3.8, 4) is 22.9 Å². The summed E-state index contributed by atoms with van der Waals surface area (Å²) in [5.41, 5.74) is 1.61. The lowest BCUT2D eigenvalue weighted by atomic mass is 10.2. The number of fused-ring (bicyclic) bond motifs is 2. The van der Waals surface area contributed by atoms with Gasteiger partial charge in [0.05, 0.1) is 0 Å². The molecule has 0 fully saturated rings. The topological polar surface area (TPSA) is 69.4 Å². The Hall–Kier alpha value is -4.04. The molecule has 6 nitrogen and oxygen atoms in total. The van der Waals surface area contributed by atoms with E-state index in [0.29, 0.717) is 28.1 Å². The lowest BCUT2D eigenvalue weighted by Crippen LogP contribution is -1.89. The third-order valence-corrected chi connectivity index (χ3v) is 5.66. The van der Waals surface area contributed by atoms with Gasteiger partial charge in [0.25, 0.3) is 0 Å². The average molecular weight is 428 g/mol. The standard InChI is InChI=1S/C23H13FN4O2S/c24-16-7-5-14(6-8-16)19-11-9-17(29-19)10-12-21-27-28-22(25-26-23(28)31-21)20-13-15-3-1-2-4-18(15)30-20/h1-13H/b12-10+. The van der Waals surface area contributed by atoms with Crippen molar-refractivity contribution in [2.24, 2.45) is 0 Å². The number of para-hydroxylation sites is 1. The van der Waals surface area contributed by atoms with E-state index < -0.39 is 0 Å². The number of hydrogen-bond donors (Lipinski definition) is 0. The van der Waals surface area contributed by atoms with E-state index in [2.05, 4.69) is 15.3 Å². The minimum absolute atomic E-state index is 0.277. The van der Waals surface area contributed by atoms with Crippen LogP contribution in [0.2, 0.25) is 0 Å². The molecule has 0 saturated heterocycles. The van der Waals surface area contributed by atoms with Gasteiger partial charge in [-0.15, -0.1) is 10.2 Å². The first kappa shape index (κ1) is 17.8. The minimum Gasteiger partial charge on any atom is -0.457 e. The van der Waals surface area contributed by atoms with Gasteiger partial charge in [0, 0.05) is 10.9 Å². The third kappa shape index (κ3) is 3.23. The second-order valence-electron chi connectivity index (χ2n) is 6.85. The molecule has 6 rings (SSSR count). The fourth-order valence-corrected chi connectivity index (χ4v) is 4.05. The molecule has 0 aliphatic carbocycles. The molecule has 0 saturated carbocycles. The Kier molecular flexibility index (Phi) is 4.03. The zero-order chi connectivity index (χ0) is 20.8. The summed E-state index contributed by atoms with van der Waals surface area (Å²) >= 11 is 1.41. The highest BCUT2D eigenvalue weighted by atomic mass is 32.1. The van der Waals surface area contributed by atoms with E-state index in [0.717, 1.165) is 21.5 Å². The fourth-order valence-electron chi connectivity index (χ4n) is 3.31. The lowest BCUT2D eigenvalue weighted by molar-refractivity contribution is 0.571. The van der Waals surface area contributed by atoms with Crippen LogP contribution in [0.1, 0.15) is 10.8 Å². The zero-order valence-corrected chi connectivity index (χ0v) is 16.7. The van der Waals surface area contributed by atoms with E-state index in [1.165, 1.54) is 23.5 Å². The summed E-state index contributed by atoms with van der Waals surface area (Å²) in [6, 6.07) is 19.6. The molecule has 2 aromatic carbocycles. The smallest absolute Gasteiger partial charge is 0.235 e. The maximum Gasteiger partial charge on any atom is 0.235 e. The normalized spacial score (nSPS) is 11.9. The summed E-state index contributed by atoms with van der Waals surface area (Å²) in [7, 11) is 0. The molecule has 0 unspecified atom stereocenters. The van der Waals surface area contributed by atoms with Crippen LogP contribution >= 0.6 is 11.3 Å². The highest BCUT2D eigenvalue weighted by molar-refractivity contribution is 7.17. The quantitative estimate of drug-likeness (QED) is 0.336. The second kappa shape index (κ2) is 7.03. The van der Waals surface area contributed by atoms with Crippen molar-refractivity contribution < 1.29 is 13.2 Å². The van der Waals surface area contributed by atoms with Gasteiger partial charge in [0.15, 0.2) is 5.76 Å². The van der Waals surface area contributed by atoms with E-state index in [9.17, 15) is 4.39 Å². The van der Waals surface area contributed by atoms with Crippen LogP contribution in [0.25, 0.3) is 51.0 Å². The first-order valence-electron chi connectivity index (χ1n) is 9.48. The number of benzene rings is 2. The van der Waals surface area contributed by atoms with E-state index in [1.54, 1.807) is 16.6 Å². The Morgan fingerprint density at radius 1 is 0.871 bits per heavy atom. The van der Waals surface area contributed by atoms with Gasteiger partial charge in [-0.05, 0) is 60.7 Å². The second-order valence-corrected chi connectivity index (χ2v) is 7.84. The lowest BCUT2D eigenvalue weighted by Gasteiger charge is -1.95. The predicted octanol–water partition coefficient (Wildman–Crippen LogP) is 6.17. The molecule has 0 aliphatic rings. The third-order valence-electron chi connectivity index (χ3n) is 4.80. The van der Waals surface area contributed by atoms with Crippen molar-refractivity contribution in [3.63, 3.8) is 0 Å². The van der Waals surface area contributed by atoms with Crippen LogP contribution in [0.5, 0.6) is 0 Å². The Balaban J connectivity index is 1.28. The van der Waals surface area contributed by atoms with Crippen molar-refractivity contribution in [2.75, 3.05) is 0 Å². The molecule has 0 bridgehead atoms. The van der Waals surface area contributed by atoms with Crippen molar-refractivity contribution >= 4 is 39.4 Å². The SMILES string of the molecule is Fc1ccc(-c2ccc(/C=C/c3nn4c(-c5cc6ccccc6o5)nnc4s3)o2)cc1. The summed E-state index contributed by atoms with van der Waals surface area (Å²) in [6.07, 6.45) is 3.69. The summed E-state index contributed by atoms with van der Waals surface area (Å²) in [6.45, 7) is 0. The van der Waals surface area contributed by atoms with Gasteiger partial charge in [-0.25, -0.2) is 4.39 Å². The van der Waals surface area contributed by atoms with Crippen molar-refractivity contribution in [1.82, 2.24) is 19.8 Å². The van der Waals surface area contributed by atoms with E-state index in [1.807, 2.05) is 54.6 Å². The Bertz CT molecular complexity index is 1520. The monoisotopic (exact) mass is 428 g/mol. The molecule has 0 spiro atoms. The van der Waals surface area contributed by atoms with Crippen LogP contribution in [-0.2, 0) is 0 Å². The fraction of sp³-hybridized carbons (Fsp3) is 0. The van der Waals surface area contributed by atoms with Gasteiger partial charge in [-0.1, -0.05) is 29.5 Å². The van der Waals surface area contributed by atoms with Gasteiger partial charge < -0.3 is 8.83 Å². The summed E-state index contributed by atoms with van der Waals surface area (Å²) in [5, 5.41) is 14.8. The van der Waals surface area contributed by atoms with Crippen molar-refractivity contribution in [2.45, 2.75) is 0 Å². The highest BCUT2D eigenvalue weighted by Crippen LogP contribution is 2.29. The van der Waals surface area contributed by atoms with Crippen LogP contribution in [0.15, 0.2) is 75.6 Å². The van der Waals surface area contributed by atoms with E-state index in [-0.39, 0.29) is 5.82 Å². The van der Waals surface area contributed by atoms with Crippen molar-refractivity contribution in [1.29, 1.82) is 0 Å². The zero-order valence-electron chi connectivity index (χ0n) is 15.9.